The van der Waals surface area contributed by atoms with Gasteiger partial charge in [0.05, 0.1) is 32.0 Å². The van der Waals surface area contributed by atoms with Gasteiger partial charge < -0.3 is 19.5 Å². The molecular formula is C20H22N2O4. The second kappa shape index (κ2) is 7.05. The number of phenols is 1. The van der Waals surface area contributed by atoms with Crippen LogP contribution in [0.3, 0.4) is 0 Å². The summed E-state index contributed by atoms with van der Waals surface area (Å²) < 4.78 is 11.8. The highest BCUT2D eigenvalue weighted by molar-refractivity contribution is 5.95. The van der Waals surface area contributed by atoms with Crippen LogP contribution in [0, 0.1) is 5.92 Å². The van der Waals surface area contributed by atoms with Gasteiger partial charge in [0.1, 0.15) is 11.4 Å². The van der Waals surface area contributed by atoms with E-state index in [9.17, 15) is 9.90 Å². The van der Waals surface area contributed by atoms with Crippen LogP contribution in [0.5, 0.6) is 5.75 Å². The molecule has 1 aromatic carbocycles. The number of aromatic hydroxyl groups is 1. The average Bonchev–Trinajstić information content (AvgIpc) is 3.05. The van der Waals surface area contributed by atoms with Crippen LogP contribution in [0.1, 0.15) is 22.5 Å². The first-order valence-corrected chi connectivity index (χ1v) is 8.86. The fourth-order valence-corrected chi connectivity index (χ4v) is 3.72. The number of likely N-dealkylation sites (tertiary alicyclic amines) is 1. The Morgan fingerprint density at radius 3 is 2.96 bits per heavy atom. The number of pyridine rings is 1. The molecule has 0 aliphatic carbocycles. The van der Waals surface area contributed by atoms with Crippen molar-refractivity contribution in [2.75, 3.05) is 26.3 Å². The van der Waals surface area contributed by atoms with Crippen LogP contribution >= 0.6 is 0 Å². The lowest BCUT2D eigenvalue weighted by Crippen LogP contribution is -2.66. The molecule has 2 saturated heterocycles. The maximum absolute atomic E-state index is 12.5. The summed E-state index contributed by atoms with van der Waals surface area (Å²) in [4.78, 5) is 18.6. The van der Waals surface area contributed by atoms with Gasteiger partial charge in [0.2, 0.25) is 0 Å². The predicted octanol–water partition coefficient (Wildman–Crippen LogP) is 2.24. The Balaban J connectivity index is 1.32. The normalized spacial score (nSPS) is 20.9. The molecule has 6 heteroatoms. The highest BCUT2D eigenvalue weighted by Crippen LogP contribution is 2.40. The standard InChI is InChI=1S/C20H22N2O4/c23-18-6-3-4-15(10-18)19(24)22-13-20(14-22)16(7-9-26-20)11-25-12-17-5-1-2-8-21-17/h1-6,8,10,16,23H,7,9,11-14H2/t16-/m0/s1. The zero-order chi connectivity index (χ0) is 18.0. The van der Waals surface area contributed by atoms with Gasteiger partial charge in [-0.3, -0.25) is 9.78 Å². The van der Waals surface area contributed by atoms with Crippen molar-refractivity contribution in [1.29, 1.82) is 0 Å². The van der Waals surface area contributed by atoms with Gasteiger partial charge in [-0.15, -0.1) is 0 Å². The van der Waals surface area contributed by atoms with Crippen LogP contribution in [0.25, 0.3) is 0 Å². The highest BCUT2D eigenvalue weighted by Gasteiger charge is 2.54. The minimum absolute atomic E-state index is 0.0739. The van der Waals surface area contributed by atoms with E-state index >= 15 is 0 Å². The molecule has 2 aliphatic heterocycles. The SMILES string of the molecule is O=C(c1cccc(O)c1)N1CC2(C1)OCC[C@H]2COCc1ccccn1. The zero-order valence-corrected chi connectivity index (χ0v) is 14.5. The monoisotopic (exact) mass is 354 g/mol. The lowest BCUT2D eigenvalue weighted by atomic mass is 9.81. The fraction of sp³-hybridized carbons (Fsp3) is 0.400. The Labute approximate surface area is 152 Å². The maximum Gasteiger partial charge on any atom is 0.254 e. The Morgan fingerprint density at radius 2 is 2.19 bits per heavy atom. The van der Waals surface area contributed by atoms with Crippen molar-refractivity contribution < 1.29 is 19.4 Å². The van der Waals surface area contributed by atoms with Crippen LogP contribution in [0.15, 0.2) is 48.7 Å². The molecule has 136 valence electrons. The molecule has 1 amide bonds. The van der Waals surface area contributed by atoms with E-state index in [1.807, 2.05) is 18.2 Å². The van der Waals surface area contributed by atoms with E-state index < -0.39 is 0 Å². The quantitative estimate of drug-likeness (QED) is 0.892. The van der Waals surface area contributed by atoms with Gasteiger partial charge in [-0.2, -0.15) is 0 Å². The number of aromatic nitrogens is 1. The third-order valence-electron chi connectivity index (χ3n) is 5.19. The first-order valence-electron chi connectivity index (χ1n) is 8.86. The predicted molar refractivity (Wildman–Crippen MR) is 94.7 cm³/mol. The summed E-state index contributed by atoms with van der Waals surface area (Å²) in [5.41, 5.74) is 1.12. The minimum atomic E-state index is -0.295. The van der Waals surface area contributed by atoms with E-state index in [-0.39, 0.29) is 23.2 Å². The van der Waals surface area contributed by atoms with Gasteiger partial charge in [0.25, 0.3) is 5.91 Å². The molecule has 1 aromatic heterocycles. The Bertz CT molecular complexity index is 774. The number of hydrogen-bond donors (Lipinski definition) is 1. The third kappa shape index (κ3) is 3.30. The van der Waals surface area contributed by atoms with Crippen LogP contribution < -0.4 is 0 Å². The van der Waals surface area contributed by atoms with E-state index in [1.54, 1.807) is 29.3 Å². The van der Waals surface area contributed by atoms with Crippen molar-refractivity contribution in [3.63, 3.8) is 0 Å². The minimum Gasteiger partial charge on any atom is -0.508 e. The number of amides is 1. The molecule has 1 spiro atoms. The lowest BCUT2D eigenvalue weighted by molar-refractivity contribution is -0.129. The number of phenolic OH excluding ortho intramolecular Hbond substituents is 1. The molecule has 2 fully saturated rings. The average molecular weight is 354 g/mol. The molecule has 2 aliphatic rings. The zero-order valence-electron chi connectivity index (χ0n) is 14.5. The number of benzene rings is 1. The molecule has 0 saturated carbocycles. The summed E-state index contributed by atoms with van der Waals surface area (Å²) in [5, 5.41) is 9.56. The van der Waals surface area contributed by atoms with Crippen LogP contribution in [-0.2, 0) is 16.1 Å². The van der Waals surface area contributed by atoms with Crippen LogP contribution in [0.4, 0.5) is 0 Å². The van der Waals surface area contributed by atoms with Gasteiger partial charge in [-0.25, -0.2) is 0 Å². The van der Waals surface area contributed by atoms with E-state index in [0.29, 0.717) is 38.5 Å². The summed E-state index contributed by atoms with van der Waals surface area (Å²) in [7, 11) is 0. The van der Waals surface area contributed by atoms with Crippen molar-refractivity contribution in [1.82, 2.24) is 9.88 Å². The molecule has 1 N–H and O–H groups in total. The highest BCUT2D eigenvalue weighted by atomic mass is 16.5. The summed E-state index contributed by atoms with van der Waals surface area (Å²) in [6.45, 7) is 2.92. The number of ether oxygens (including phenoxy) is 2. The fourth-order valence-electron chi connectivity index (χ4n) is 3.72. The van der Waals surface area contributed by atoms with Gasteiger partial charge >= 0.3 is 0 Å². The van der Waals surface area contributed by atoms with Gasteiger partial charge in [-0.05, 0) is 36.8 Å². The lowest BCUT2D eigenvalue weighted by Gasteiger charge is -2.50. The van der Waals surface area contributed by atoms with Crippen molar-refractivity contribution >= 4 is 5.91 Å². The van der Waals surface area contributed by atoms with Crippen LogP contribution in [0.2, 0.25) is 0 Å². The first kappa shape index (κ1) is 17.0. The number of rotatable bonds is 5. The summed E-state index contributed by atoms with van der Waals surface area (Å²) in [6.07, 6.45) is 2.70. The molecule has 0 bridgehead atoms. The van der Waals surface area contributed by atoms with Crippen molar-refractivity contribution in [2.45, 2.75) is 18.6 Å². The summed E-state index contributed by atoms with van der Waals surface area (Å²) >= 11 is 0. The number of carbonyl (C=O) groups is 1. The third-order valence-corrected chi connectivity index (χ3v) is 5.19. The molecule has 0 radical (unpaired) electrons. The Kier molecular flexibility index (Phi) is 4.61. The molecule has 6 nitrogen and oxygen atoms in total. The molecule has 1 atom stereocenters. The Morgan fingerprint density at radius 1 is 1.31 bits per heavy atom. The molecule has 4 rings (SSSR count). The molecular weight excluding hydrogens is 332 g/mol. The number of hydrogen-bond acceptors (Lipinski definition) is 5. The number of nitrogens with zero attached hydrogens (tertiary/aromatic N) is 2. The van der Waals surface area contributed by atoms with Gasteiger partial charge in [0, 0.05) is 24.3 Å². The molecule has 26 heavy (non-hydrogen) atoms. The Hall–Kier alpha value is -2.44. The van der Waals surface area contributed by atoms with Gasteiger partial charge in [0.15, 0.2) is 0 Å². The van der Waals surface area contributed by atoms with E-state index in [4.69, 9.17) is 9.47 Å². The second-order valence-corrected chi connectivity index (χ2v) is 6.95. The second-order valence-electron chi connectivity index (χ2n) is 6.95. The topological polar surface area (TPSA) is 71.9 Å². The van der Waals surface area contributed by atoms with Crippen molar-refractivity contribution in [2.24, 2.45) is 5.92 Å². The molecule has 2 aromatic rings. The van der Waals surface area contributed by atoms with E-state index in [2.05, 4.69) is 4.98 Å². The molecule has 0 unspecified atom stereocenters. The summed E-state index contributed by atoms with van der Waals surface area (Å²) in [5.74, 6) is 0.304. The molecule has 3 heterocycles. The smallest absolute Gasteiger partial charge is 0.254 e. The van der Waals surface area contributed by atoms with Crippen molar-refractivity contribution in [3.05, 3.63) is 59.9 Å². The summed E-state index contributed by atoms with van der Waals surface area (Å²) in [6, 6.07) is 12.2. The number of carbonyl (C=O) groups excluding carboxylic acids is 1. The largest absolute Gasteiger partial charge is 0.508 e. The first-order chi connectivity index (χ1) is 12.7. The van der Waals surface area contributed by atoms with E-state index in [1.165, 1.54) is 6.07 Å². The van der Waals surface area contributed by atoms with Crippen molar-refractivity contribution in [3.8, 4) is 5.75 Å². The van der Waals surface area contributed by atoms with Gasteiger partial charge in [-0.1, -0.05) is 12.1 Å². The van der Waals surface area contributed by atoms with Crippen LogP contribution in [-0.4, -0.2) is 52.8 Å². The maximum atomic E-state index is 12.5. The van der Waals surface area contributed by atoms with E-state index in [0.717, 1.165) is 12.1 Å².